The van der Waals surface area contributed by atoms with Crippen LogP contribution in [0.4, 0.5) is 4.39 Å². The second-order valence-corrected chi connectivity index (χ2v) is 3.76. The number of hydroxylamine groups is 1. The first-order valence-corrected chi connectivity index (χ1v) is 4.88. The smallest absolute Gasteiger partial charge is 0.127 e. The van der Waals surface area contributed by atoms with Gasteiger partial charge in [0.05, 0.1) is 13.2 Å². The maximum atomic E-state index is 13.2. The Bertz CT molecular complexity index is 381. The molecule has 1 heterocycles. The Kier molecular flexibility index (Phi) is 2.63. The summed E-state index contributed by atoms with van der Waals surface area (Å²) in [6, 6.07) is 2.85. The molecule has 1 aliphatic heterocycles. The number of halogens is 1. The molecule has 0 saturated carbocycles. The van der Waals surface area contributed by atoms with Crippen molar-refractivity contribution in [2.45, 2.75) is 26.0 Å². The minimum atomic E-state index is -0.244. The molecule has 3 nitrogen and oxygen atoms in total. The van der Waals surface area contributed by atoms with E-state index in [-0.39, 0.29) is 18.0 Å². The van der Waals surface area contributed by atoms with Gasteiger partial charge in [-0.25, -0.2) is 4.39 Å². The molecule has 0 bridgehead atoms. The van der Waals surface area contributed by atoms with Crippen LogP contribution in [0.5, 0.6) is 5.75 Å². The van der Waals surface area contributed by atoms with Crippen LogP contribution in [0.3, 0.4) is 0 Å². The van der Waals surface area contributed by atoms with Crippen molar-refractivity contribution in [3.63, 3.8) is 0 Å². The quantitative estimate of drug-likeness (QED) is 0.760. The van der Waals surface area contributed by atoms with Crippen LogP contribution in [-0.2, 0) is 4.84 Å². The number of aryl methyl sites for hydroxylation is 1. The number of hydrogen-bond donors (Lipinski definition) is 1. The molecule has 15 heavy (non-hydrogen) atoms. The van der Waals surface area contributed by atoms with Crippen molar-refractivity contribution in [2.24, 2.45) is 0 Å². The lowest BCUT2D eigenvalue weighted by atomic mass is 10.0. The minimum Gasteiger partial charge on any atom is -0.488 e. The molecule has 0 radical (unpaired) electrons. The maximum Gasteiger partial charge on any atom is 0.127 e. The maximum absolute atomic E-state index is 13.2. The molecular formula is C11H14FNO2. The van der Waals surface area contributed by atoms with Gasteiger partial charge in [0.25, 0.3) is 0 Å². The molecule has 1 N–H and O–H groups in total. The summed E-state index contributed by atoms with van der Waals surface area (Å²) in [4.78, 5) is 4.88. The summed E-state index contributed by atoms with van der Waals surface area (Å²) >= 11 is 0. The van der Waals surface area contributed by atoms with E-state index in [1.807, 2.05) is 13.8 Å². The summed E-state index contributed by atoms with van der Waals surface area (Å²) in [7, 11) is 1.54. The average Bonchev–Trinajstić information content (AvgIpc) is 2.46. The molecule has 1 aromatic rings. The van der Waals surface area contributed by atoms with Crippen molar-refractivity contribution in [3.8, 4) is 5.75 Å². The lowest BCUT2D eigenvalue weighted by molar-refractivity contribution is 0.0338. The number of fused-ring (bicyclic) bond motifs is 1. The van der Waals surface area contributed by atoms with Gasteiger partial charge >= 0.3 is 0 Å². The Morgan fingerprint density at radius 1 is 1.47 bits per heavy atom. The van der Waals surface area contributed by atoms with Crippen LogP contribution in [0.15, 0.2) is 12.1 Å². The Labute approximate surface area is 88.1 Å². The van der Waals surface area contributed by atoms with Crippen molar-refractivity contribution in [3.05, 3.63) is 29.1 Å². The lowest BCUT2D eigenvalue weighted by Crippen LogP contribution is -2.27. The van der Waals surface area contributed by atoms with E-state index in [1.54, 1.807) is 0 Å². The van der Waals surface area contributed by atoms with Crippen LogP contribution in [0.1, 0.15) is 24.1 Å². The summed E-state index contributed by atoms with van der Waals surface area (Å²) in [5.41, 5.74) is 4.45. The number of nitrogens with one attached hydrogen (secondary N) is 1. The van der Waals surface area contributed by atoms with Crippen LogP contribution in [0.25, 0.3) is 0 Å². The van der Waals surface area contributed by atoms with Crippen molar-refractivity contribution < 1.29 is 14.0 Å². The van der Waals surface area contributed by atoms with Crippen LogP contribution >= 0.6 is 0 Å². The van der Waals surface area contributed by atoms with Crippen LogP contribution in [-0.4, -0.2) is 13.2 Å². The SMILES string of the molecule is CONC1c2cc(F)cc(C)c2OC1C. The van der Waals surface area contributed by atoms with Crippen LogP contribution < -0.4 is 10.2 Å². The summed E-state index contributed by atoms with van der Waals surface area (Å²) in [5, 5.41) is 0. The summed E-state index contributed by atoms with van der Waals surface area (Å²) in [6.07, 6.45) is -0.0551. The fourth-order valence-corrected chi connectivity index (χ4v) is 1.94. The van der Waals surface area contributed by atoms with E-state index >= 15 is 0 Å². The van der Waals surface area contributed by atoms with Crippen LogP contribution in [0.2, 0.25) is 0 Å². The van der Waals surface area contributed by atoms with Gasteiger partial charge in [-0.1, -0.05) is 0 Å². The molecule has 2 atom stereocenters. The highest BCUT2D eigenvalue weighted by molar-refractivity contribution is 5.46. The largest absolute Gasteiger partial charge is 0.488 e. The van der Waals surface area contributed by atoms with E-state index in [4.69, 9.17) is 9.57 Å². The van der Waals surface area contributed by atoms with Crippen molar-refractivity contribution in [1.82, 2.24) is 5.48 Å². The lowest BCUT2D eigenvalue weighted by Gasteiger charge is -2.14. The summed E-state index contributed by atoms with van der Waals surface area (Å²) in [6.45, 7) is 3.76. The molecule has 0 aliphatic carbocycles. The summed E-state index contributed by atoms with van der Waals surface area (Å²) < 4.78 is 18.9. The Morgan fingerprint density at radius 3 is 2.87 bits per heavy atom. The third-order valence-electron chi connectivity index (χ3n) is 2.62. The Morgan fingerprint density at radius 2 is 2.20 bits per heavy atom. The van der Waals surface area contributed by atoms with Crippen molar-refractivity contribution in [2.75, 3.05) is 7.11 Å². The van der Waals surface area contributed by atoms with E-state index in [2.05, 4.69) is 5.48 Å². The van der Waals surface area contributed by atoms with E-state index in [0.717, 1.165) is 16.9 Å². The topological polar surface area (TPSA) is 30.5 Å². The van der Waals surface area contributed by atoms with E-state index in [9.17, 15) is 4.39 Å². The first kappa shape index (κ1) is 10.4. The monoisotopic (exact) mass is 211 g/mol. The highest BCUT2D eigenvalue weighted by Crippen LogP contribution is 2.39. The third-order valence-corrected chi connectivity index (χ3v) is 2.62. The number of hydrogen-bond acceptors (Lipinski definition) is 3. The zero-order chi connectivity index (χ0) is 11.0. The highest BCUT2D eigenvalue weighted by Gasteiger charge is 2.32. The first-order chi connectivity index (χ1) is 7.13. The highest BCUT2D eigenvalue weighted by atomic mass is 19.1. The fourth-order valence-electron chi connectivity index (χ4n) is 1.94. The van der Waals surface area contributed by atoms with Crippen molar-refractivity contribution >= 4 is 0 Å². The second-order valence-electron chi connectivity index (χ2n) is 3.76. The standard InChI is InChI=1S/C11H14FNO2/c1-6-4-8(12)5-9-10(13-14-3)7(2)15-11(6)9/h4-5,7,10,13H,1-3H3. The van der Waals surface area contributed by atoms with Gasteiger partial charge in [0.2, 0.25) is 0 Å². The van der Waals surface area contributed by atoms with Gasteiger partial charge in [-0.05, 0) is 31.5 Å². The number of benzene rings is 1. The number of ether oxygens (including phenoxy) is 1. The molecule has 0 fully saturated rings. The Hall–Kier alpha value is -1.13. The van der Waals surface area contributed by atoms with Gasteiger partial charge in [-0.3, -0.25) is 0 Å². The van der Waals surface area contributed by atoms with Gasteiger partial charge in [0, 0.05) is 5.56 Å². The zero-order valence-corrected chi connectivity index (χ0v) is 9.00. The molecular weight excluding hydrogens is 197 g/mol. The molecule has 2 unspecified atom stereocenters. The zero-order valence-electron chi connectivity index (χ0n) is 9.00. The van der Waals surface area contributed by atoms with Gasteiger partial charge in [-0.2, -0.15) is 5.48 Å². The fraction of sp³-hybridized carbons (Fsp3) is 0.455. The van der Waals surface area contributed by atoms with E-state index < -0.39 is 0 Å². The van der Waals surface area contributed by atoms with E-state index in [0.29, 0.717) is 0 Å². The molecule has 4 heteroatoms. The molecule has 0 amide bonds. The number of rotatable bonds is 2. The van der Waals surface area contributed by atoms with E-state index in [1.165, 1.54) is 19.2 Å². The average molecular weight is 211 g/mol. The van der Waals surface area contributed by atoms with Crippen LogP contribution in [0, 0.1) is 12.7 Å². The van der Waals surface area contributed by atoms with Gasteiger partial charge < -0.3 is 9.57 Å². The molecule has 82 valence electrons. The third kappa shape index (κ3) is 1.70. The van der Waals surface area contributed by atoms with Gasteiger partial charge in [0.15, 0.2) is 0 Å². The predicted octanol–water partition coefficient (Wildman–Crippen LogP) is 2.11. The minimum absolute atomic E-state index is 0.0551. The molecule has 1 aromatic carbocycles. The molecule has 0 spiro atoms. The predicted molar refractivity (Wildman–Crippen MR) is 54.1 cm³/mol. The molecule has 1 aliphatic rings. The molecule has 2 rings (SSSR count). The van der Waals surface area contributed by atoms with Crippen molar-refractivity contribution in [1.29, 1.82) is 0 Å². The first-order valence-electron chi connectivity index (χ1n) is 4.88. The summed E-state index contributed by atoms with van der Waals surface area (Å²) in [5.74, 6) is 0.519. The Balaban J connectivity index is 2.43. The van der Waals surface area contributed by atoms with Gasteiger partial charge in [-0.15, -0.1) is 0 Å². The normalized spacial score (nSPS) is 23.7. The molecule has 0 aromatic heterocycles. The molecule has 0 saturated heterocycles. The second kappa shape index (κ2) is 3.79. The van der Waals surface area contributed by atoms with Gasteiger partial charge in [0.1, 0.15) is 17.7 Å².